The van der Waals surface area contributed by atoms with Gasteiger partial charge in [0.15, 0.2) is 5.69 Å². The quantitative estimate of drug-likeness (QED) is 0.779. The maximum Gasteiger partial charge on any atom is 0.514 e. The molecular weight excluding hydrogens is 281 g/mol. The van der Waals surface area contributed by atoms with Crippen LogP contribution in [0.1, 0.15) is 58.9 Å². The molecule has 2 saturated heterocycles. The topological polar surface area (TPSA) is 69.3 Å². The van der Waals surface area contributed by atoms with Crippen molar-refractivity contribution in [3.8, 4) is 6.07 Å². The van der Waals surface area contributed by atoms with Crippen molar-refractivity contribution in [2.24, 2.45) is 0 Å². The Morgan fingerprint density at radius 2 is 1.95 bits per heavy atom. The Labute approximate surface area is 131 Å². The number of aromatic nitrogens is 2. The SMILES string of the molecule is CC1(C)OB(c2cc(C#N)nn2C2CCCCO2)OC1(C)C. The smallest absolute Gasteiger partial charge is 0.398 e. The first-order valence-corrected chi connectivity index (χ1v) is 7.81. The lowest BCUT2D eigenvalue weighted by molar-refractivity contribution is -0.0380. The van der Waals surface area contributed by atoms with Gasteiger partial charge in [-0.2, -0.15) is 10.4 Å². The molecule has 7 heteroatoms. The second kappa shape index (κ2) is 5.37. The summed E-state index contributed by atoms with van der Waals surface area (Å²) in [6, 6.07) is 3.83. The molecule has 0 bridgehead atoms. The van der Waals surface area contributed by atoms with E-state index in [1.807, 2.05) is 27.7 Å². The summed E-state index contributed by atoms with van der Waals surface area (Å²) >= 11 is 0. The van der Waals surface area contributed by atoms with E-state index in [9.17, 15) is 5.26 Å². The highest BCUT2D eigenvalue weighted by Gasteiger charge is 2.53. The van der Waals surface area contributed by atoms with Gasteiger partial charge < -0.3 is 14.0 Å². The molecule has 0 aliphatic carbocycles. The lowest BCUT2D eigenvalue weighted by atomic mass is 9.84. The summed E-state index contributed by atoms with van der Waals surface area (Å²) in [7, 11) is -0.537. The summed E-state index contributed by atoms with van der Waals surface area (Å²) < 4.78 is 19.8. The predicted molar refractivity (Wildman–Crippen MR) is 81.5 cm³/mol. The molecule has 1 aromatic heterocycles. The molecule has 0 spiro atoms. The molecule has 0 radical (unpaired) electrons. The Morgan fingerprint density at radius 1 is 1.27 bits per heavy atom. The first-order chi connectivity index (χ1) is 10.3. The van der Waals surface area contributed by atoms with E-state index >= 15 is 0 Å². The van der Waals surface area contributed by atoms with E-state index in [1.165, 1.54) is 0 Å². The van der Waals surface area contributed by atoms with Crippen LogP contribution in [0.5, 0.6) is 0 Å². The van der Waals surface area contributed by atoms with Crippen molar-refractivity contribution < 1.29 is 14.0 Å². The number of ether oxygens (including phenoxy) is 1. The van der Waals surface area contributed by atoms with Crippen molar-refractivity contribution in [3.05, 3.63) is 11.8 Å². The second-order valence-electron chi connectivity index (χ2n) is 6.92. The van der Waals surface area contributed by atoms with E-state index in [0.717, 1.165) is 31.5 Å². The van der Waals surface area contributed by atoms with Crippen LogP contribution in [-0.2, 0) is 14.0 Å². The minimum absolute atomic E-state index is 0.148. The van der Waals surface area contributed by atoms with Gasteiger partial charge in [0.25, 0.3) is 0 Å². The van der Waals surface area contributed by atoms with Gasteiger partial charge in [-0.1, -0.05) is 0 Å². The molecule has 6 nitrogen and oxygen atoms in total. The molecule has 1 unspecified atom stereocenters. The van der Waals surface area contributed by atoms with Crippen molar-refractivity contribution >= 4 is 12.7 Å². The Hall–Kier alpha value is -1.36. The minimum atomic E-state index is -0.537. The van der Waals surface area contributed by atoms with Crippen LogP contribution in [0.2, 0.25) is 0 Å². The van der Waals surface area contributed by atoms with Crippen LogP contribution in [0, 0.1) is 11.3 Å². The van der Waals surface area contributed by atoms with E-state index in [-0.39, 0.29) is 6.23 Å². The maximum atomic E-state index is 9.17. The normalized spacial score (nSPS) is 26.9. The summed E-state index contributed by atoms with van der Waals surface area (Å²) in [5, 5.41) is 13.5. The zero-order chi connectivity index (χ0) is 16.0. The van der Waals surface area contributed by atoms with Crippen LogP contribution < -0.4 is 5.59 Å². The van der Waals surface area contributed by atoms with Gasteiger partial charge in [0.1, 0.15) is 12.3 Å². The molecule has 2 aliphatic rings. The van der Waals surface area contributed by atoms with Gasteiger partial charge in [0.05, 0.1) is 16.8 Å². The van der Waals surface area contributed by atoms with Gasteiger partial charge in [-0.25, -0.2) is 4.68 Å². The summed E-state index contributed by atoms with van der Waals surface area (Å²) in [5.41, 5.74) is 0.265. The maximum absolute atomic E-state index is 9.17. The molecule has 22 heavy (non-hydrogen) atoms. The van der Waals surface area contributed by atoms with Crippen LogP contribution in [0.15, 0.2) is 6.07 Å². The standard InChI is InChI=1S/C15H22BN3O3/c1-14(2)15(3,4)22-16(21-14)12-9-11(10-17)18-19(12)13-7-5-6-8-20-13/h9,13H,5-8H2,1-4H3. The average molecular weight is 303 g/mol. The Morgan fingerprint density at radius 3 is 2.50 bits per heavy atom. The fraction of sp³-hybridized carbons (Fsp3) is 0.733. The highest BCUT2D eigenvalue weighted by atomic mass is 16.7. The Balaban J connectivity index is 1.94. The number of hydrogen-bond acceptors (Lipinski definition) is 5. The summed E-state index contributed by atoms with van der Waals surface area (Å²) in [6.07, 6.45) is 2.90. The summed E-state index contributed by atoms with van der Waals surface area (Å²) in [5.74, 6) is 0. The van der Waals surface area contributed by atoms with Crippen molar-refractivity contribution in [1.82, 2.24) is 9.78 Å². The number of nitrogens with zero attached hydrogens (tertiary/aromatic N) is 3. The molecule has 0 N–H and O–H groups in total. The van der Waals surface area contributed by atoms with Crippen LogP contribution in [-0.4, -0.2) is 34.7 Å². The zero-order valence-corrected chi connectivity index (χ0v) is 13.6. The van der Waals surface area contributed by atoms with Crippen LogP contribution in [0.4, 0.5) is 0 Å². The van der Waals surface area contributed by atoms with E-state index < -0.39 is 18.3 Å². The fourth-order valence-corrected chi connectivity index (χ4v) is 2.75. The largest absolute Gasteiger partial charge is 0.514 e. The van der Waals surface area contributed by atoms with E-state index in [1.54, 1.807) is 10.7 Å². The molecule has 0 saturated carbocycles. The minimum Gasteiger partial charge on any atom is -0.398 e. The van der Waals surface area contributed by atoms with Crippen LogP contribution in [0.3, 0.4) is 0 Å². The third-order valence-electron chi connectivity index (χ3n) is 4.80. The van der Waals surface area contributed by atoms with Crippen LogP contribution in [0.25, 0.3) is 0 Å². The molecule has 118 valence electrons. The number of rotatable bonds is 2. The van der Waals surface area contributed by atoms with Gasteiger partial charge in [-0.3, -0.25) is 0 Å². The average Bonchev–Trinajstić information content (AvgIpc) is 2.99. The molecule has 0 amide bonds. The second-order valence-corrected chi connectivity index (χ2v) is 6.92. The fourth-order valence-electron chi connectivity index (χ4n) is 2.75. The van der Waals surface area contributed by atoms with Gasteiger partial charge in [0, 0.05) is 6.61 Å². The highest BCUT2D eigenvalue weighted by molar-refractivity contribution is 6.61. The number of nitriles is 1. The molecule has 0 aromatic carbocycles. The van der Waals surface area contributed by atoms with Gasteiger partial charge in [0.2, 0.25) is 0 Å². The van der Waals surface area contributed by atoms with Crippen molar-refractivity contribution in [2.75, 3.05) is 6.61 Å². The van der Waals surface area contributed by atoms with Gasteiger partial charge in [-0.05, 0) is 53.0 Å². The summed E-state index contributed by atoms with van der Waals surface area (Å²) in [4.78, 5) is 0. The third kappa shape index (κ3) is 2.56. The van der Waals surface area contributed by atoms with E-state index in [4.69, 9.17) is 14.0 Å². The van der Waals surface area contributed by atoms with Crippen molar-refractivity contribution in [2.45, 2.75) is 64.4 Å². The number of hydrogen-bond donors (Lipinski definition) is 0. The molecule has 1 atom stereocenters. The molecule has 2 fully saturated rings. The van der Waals surface area contributed by atoms with Crippen molar-refractivity contribution in [3.63, 3.8) is 0 Å². The summed E-state index contributed by atoms with van der Waals surface area (Å²) in [6.45, 7) is 8.76. The first kappa shape index (κ1) is 15.5. The van der Waals surface area contributed by atoms with Gasteiger partial charge in [-0.15, -0.1) is 0 Å². The lowest BCUT2D eigenvalue weighted by Gasteiger charge is -2.32. The van der Waals surface area contributed by atoms with Gasteiger partial charge >= 0.3 is 7.12 Å². The monoisotopic (exact) mass is 303 g/mol. The van der Waals surface area contributed by atoms with E-state index in [2.05, 4.69) is 11.2 Å². The highest BCUT2D eigenvalue weighted by Crippen LogP contribution is 2.36. The van der Waals surface area contributed by atoms with Crippen molar-refractivity contribution in [1.29, 1.82) is 5.26 Å². The van der Waals surface area contributed by atoms with Crippen LogP contribution >= 0.6 is 0 Å². The molecule has 3 rings (SSSR count). The lowest BCUT2D eigenvalue weighted by Crippen LogP contribution is -2.42. The molecular formula is C15H22BN3O3. The molecule has 2 aliphatic heterocycles. The Bertz CT molecular complexity index is 584. The Kier molecular flexibility index (Phi) is 3.80. The molecule has 3 heterocycles. The molecule has 1 aromatic rings. The third-order valence-corrected chi connectivity index (χ3v) is 4.80. The first-order valence-electron chi connectivity index (χ1n) is 7.81. The predicted octanol–water partition coefficient (Wildman–Crippen LogP) is 1.75. The van der Waals surface area contributed by atoms with E-state index in [0.29, 0.717) is 5.69 Å². The zero-order valence-electron chi connectivity index (χ0n) is 13.6.